The van der Waals surface area contributed by atoms with Crippen molar-refractivity contribution in [1.29, 1.82) is 0 Å². The smallest absolute Gasteiger partial charge is 0.257 e. The number of amides is 1. The Morgan fingerprint density at radius 3 is 2.25 bits per heavy atom. The molecule has 8 heteroatoms. The number of nitrogens with one attached hydrogen (secondary N) is 1. The summed E-state index contributed by atoms with van der Waals surface area (Å²) in [6, 6.07) is 3.18. The van der Waals surface area contributed by atoms with E-state index in [4.69, 9.17) is 14.2 Å². The molecule has 1 N–H and O–H groups in total. The Labute approximate surface area is 145 Å². The Hall–Kier alpha value is -2.35. The third kappa shape index (κ3) is 4.14. The highest BCUT2D eigenvalue weighted by Gasteiger charge is 2.18. The summed E-state index contributed by atoms with van der Waals surface area (Å²) in [5.74, 6) is 1.43. The molecule has 0 aliphatic rings. The lowest BCUT2D eigenvalue weighted by atomic mass is 10.1. The first kappa shape index (κ1) is 18.0. The molecule has 0 spiro atoms. The molecule has 1 aromatic heterocycles. The van der Waals surface area contributed by atoms with Crippen molar-refractivity contribution < 1.29 is 19.0 Å². The van der Waals surface area contributed by atoms with Crippen LogP contribution in [0.5, 0.6) is 17.2 Å². The Kier molecular flexibility index (Phi) is 5.97. The van der Waals surface area contributed by atoms with Crippen LogP contribution in [0.1, 0.15) is 29.2 Å². The number of carbonyl (C=O) groups excluding carboxylic acids is 1. The highest BCUT2D eigenvalue weighted by atomic mass is 32.1. The van der Waals surface area contributed by atoms with Gasteiger partial charge in [-0.25, -0.2) is 0 Å². The van der Waals surface area contributed by atoms with Crippen molar-refractivity contribution in [2.45, 2.75) is 20.3 Å². The molecule has 0 unspecified atom stereocenters. The lowest BCUT2D eigenvalue weighted by Gasteiger charge is -2.13. The van der Waals surface area contributed by atoms with E-state index in [1.54, 1.807) is 12.1 Å². The zero-order valence-electron chi connectivity index (χ0n) is 14.4. The van der Waals surface area contributed by atoms with E-state index in [2.05, 4.69) is 29.4 Å². The monoisotopic (exact) mass is 351 g/mol. The molecular weight excluding hydrogens is 330 g/mol. The van der Waals surface area contributed by atoms with Gasteiger partial charge in [0.05, 0.1) is 21.3 Å². The number of methoxy groups -OCH3 is 3. The maximum Gasteiger partial charge on any atom is 0.257 e. The van der Waals surface area contributed by atoms with Crippen molar-refractivity contribution in [3.05, 3.63) is 22.7 Å². The number of anilines is 1. The van der Waals surface area contributed by atoms with Crippen molar-refractivity contribution in [3.8, 4) is 17.2 Å². The van der Waals surface area contributed by atoms with Gasteiger partial charge in [0.15, 0.2) is 11.5 Å². The molecule has 0 saturated carbocycles. The number of carbonyl (C=O) groups is 1. The normalized spacial score (nSPS) is 10.6. The van der Waals surface area contributed by atoms with Gasteiger partial charge >= 0.3 is 0 Å². The molecule has 0 radical (unpaired) electrons. The summed E-state index contributed by atoms with van der Waals surface area (Å²) in [4.78, 5) is 12.5. The molecule has 0 saturated heterocycles. The Balaban J connectivity index is 2.21. The van der Waals surface area contributed by atoms with Crippen LogP contribution in [-0.2, 0) is 6.42 Å². The first-order chi connectivity index (χ1) is 11.5. The summed E-state index contributed by atoms with van der Waals surface area (Å²) >= 11 is 1.37. The zero-order chi connectivity index (χ0) is 17.7. The average Bonchev–Trinajstić information content (AvgIpc) is 2.99. The van der Waals surface area contributed by atoms with Gasteiger partial charge in [0, 0.05) is 12.0 Å². The third-order valence-electron chi connectivity index (χ3n) is 3.20. The van der Waals surface area contributed by atoms with Gasteiger partial charge in [-0.05, 0) is 18.1 Å². The molecule has 0 aliphatic carbocycles. The van der Waals surface area contributed by atoms with Gasteiger partial charge < -0.3 is 14.2 Å². The minimum Gasteiger partial charge on any atom is -0.493 e. The highest BCUT2D eigenvalue weighted by Crippen LogP contribution is 2.38. The number of benzene rings is 1. The summed E-state index contributed by atoms with van der Waals surface area (Å²) in [6.07, 6.45) is 0.831. The number of hydrogen-bond acceptors (Lipinski definition) is 7. The molecule has 0 atom stereocenters. The van der Waals surface area contributed by atoms with Crippen LogP contribution >= 0.6 is 11.3 Å². The quantitative estimate of drug-likeness (QED) is 0.826. The van der Waals surface area contributed by atoms with E-state index in [1.165, 1.54) is 32.7 Å². The van der Waals surface area contributed by atoms with E-state index < -0.39 is 0 Å². The van der Waals surface area contributed by atoms with Gasteiger partial charge in [-0.1, -0.05) is 25.2 Å². The van der Waals surface area contributed by atoms with Crippen LogP contribution in [0.15, 0.2) is 12.1 Å². The predicted molar refractivity (Wildman–Crippen MR) is 92.5 cm³/mol. The van der Waals surface area contributed by atoms with Crippen LogP contribution in [0.25, 0.3) is 0 Å². The zero-order valence-corrected chi connectivity index (χ0v) is 15.2. The second-order valence-electron chi connectivity index (χ2n) is 5.47. The Morgan fingerprint density at radius 1 is 1.12 bits per heavy atom. The second kappa shape index (κ2) is 7.96. The van der Waals surface area contributed by atoms with Gasteiger partial charge in [0.25, 0.3) is 5.91 Å². The predicted octanol–water partition coefficient (Wildman–Crippen LogP) is 3.01. The number of nitrogens with zero attached hydrogens (tertiary/aromatic N) is 2. The van der Waals surface area contributed by atoms with E-state index in [0.717, 1.165) is 11.4 Å². The fourth-order valence-electron chi connectivity index (χ4n) is 2.12. The van der Waals surface area contributed by atoms with Crippen LogP contribution in [0.3, 0.4) is 0 Å². The van der Waals surface area contributed by atoms with E-state index >= 15 is 0 Å². The molecule has 130 valence electrons. The lowest BCUT2D eigenvalue weighted by molar-refractivity contribution is 0.102. The molecule has 24 heavy (non-hydrogen) atoms. The second-order valence-corrected chi connectivity index (χ2v) is 6.53. The molecule has 0 bridgehead atoms. The third-order valence-corrected chi connectivity index (χ3v) is 4.06. The minimum absolute atomic E-state index is 0.318. The maximum absolute atomic E-state index is 12.5. The standard InChI is InChI=1S/C16H21N3O4S/c1-9(2)6-13-18-19-16(24-13)17-15(20)10-7-11(21-3)14(23-5)12(8-10)22-4/h7-9H,6H2,1-5H3,(H,17,19,20). The summed E-state index contributed by atoms with van der Waals surface area (Å²) in [7, 11) is 4.52. The van der Waals surface area contributed by atoms with Crippen molar-refractivity contribution in [1.82, 2.24) is 10.2 Å². The number of aromatic nitrogens is 2. The van der Waals surface area contributed by atoms with Crippen molar-refractivity contribution in [3.63, 3.8) is 0 Å². The molecule has 2 rings (SSSR count). The summed E-state index contributed by atoms with van der Waals surface area (Å²) in [5.41, 5.74) is 0.380. The molecular formula is C16H21N3O4S. The van der Waals surface area contributed by atoms with Crippen LogP contribution < -0.4 is 19.5 Å². The Morgan fingerprint density at radius 2 is 1.75 bits per heavy atom. The van der Waals surface area contributed by atoms with Crippen molar-refractivity contribution >= 4 is 22.4 Å². The molecule has 1 amide bonds. The molecule has 7 nitrogen and oxygen atoms in total. The lowest BCUT2D eigenvalue weighted by Crippen LogP contribution is -2.12. The first-order valence-electron chi connectivity index (χ1n) is 7.42. The van der Waals surface area contributed by atoms with Crippen molar-refractivity contribution in [2.75, 3.05) is 26.6 Å². The Bertz CT molecular complexity index is 690. The van der Waals surface area contributed by atoms with Gasteiger partial charge in [0.2, 0.25) is 10.9 Å². The topological polar surface area (TPSA) is 82.6 Å². The SMILES string of the molecule is COc1cc(C(=O)Nc2nnc(CC(C)C)s2)cc(OC)c1OC. The fourth-order valence-corrected chi connectivity index (χ4v) is 3.06. The fraction of sp³-hybridized carbons (Fsp3) is 0.438. The number of ether oxygens (including phenoxy) is 3. The van der Waals surface area contributed by atoms with Crippen LogP contribution in [0.4, 0.5) is 5.13 Å². The first-order valence-corrected chi connectivity index (χ1v) is 8.23. The molecule has 1 aromatic carbocycles. The van der Waals surface area contributed by atoms with E-state index in [-0.39, 0.29) is 5.91 Å². The summed E-state index contributed by atoms with van der Waals surface area (Å²) in [5, 5.41) is 12.2. The van der Waals surface area contributed by atoms with E-state index in [0.29, 0.717) is 33.9 Å². The van der Waals surface area contributed by atoms with Crippen LogP contribution in [0.2, 0.25) is 0 Å². The van der Waals surface area contributed by atoms with E-state index in [1.807, 2.05) is 0 Å². The van der Waals surface area contributed by atoms with Crippen molar-refractivity contribution in [2.24, 2.45) is 5.92 Å². The number of hydrogen-bond donors (Lipinski definition) is 1. The minimum atomic E-state index is -0.318. The highest BCUT2D eigenvalue weighted by molar-refractivity contribution is 7.15. The maximum atomic E-state index is 12.5. The van der Waals surface area contributed by atoms with Gasteiger partial charge in [0.1, 0.15) is 5.01 Å². The van der Waals surface area contributed by atoms with Crippen LogP contribution in [-0.4, -0.2) is 37.4 Å². The molecule has 2 aromatic rings. The van der Waals surface area contributed by atoms with Gasteiger partial charge in [-0.2, -0.15) is 0 Å². The van der Waals surface area contributed by atoms with Crippen LogP contribution in [0, 0.1) is 5.92 Å². The average molecular weight is 351 g/mol. The largest absolute Gasteiger partial charge is 0.493 e. The summed E-state index contributed by atoms with van der Waals surface area (Å²) in [6.45, 7) is 4.21. The molecule has 0 fully saturated rings. The summed E-state index contributed by atoms with van der Waals surface area (Å²) < 4.78 is 15.8. The van der Waals surface area contributed by atoms with Gasteiger partial charge in [-0.15, -0.1) is 10.2 Å². The molecule has 1 heterocycles. The van der Waals surface area contributed by atoms with E-state index in [9.17, 15) is 4.79 Å². The molecule has 0 aliphatic heterocycles. The number of rotatable bonds is 7. The van der Waals surface area contributed by atoms with Gasteiger partial charge in [-0.3, -0.25) is 10.1 Å².